The summed E-state index contributed by atoms with van der Waals surface area (Å²) in [4.78, 5) is 11.5. The lowest BCUT2D eigenvalue weighted by Crippen LogP contribution is -2.41. The number of hydrogen-bond donors (Lipinski definition) is 1. The zero-order valence-electron chi connectivity index (χ0n) is 10.8. The van der Waals surface area contributed by atoms with Crippen molar-refractivity contribution in [1.82, 2.24) is 5.32 Å². The lowest BCUT2D eigenvalue weighted by molar-refractivity contribution is -0.145. The maximum atomic E-state index is 11.5. The first-order chi connectivity index (χ1) is 7.63. The van der Waals surface area contributed by atoms with Gasteiger partial charge in [0, 0.05) is 6.54 Å². The SMILES string of the molecule is CCOC(=O)C(C)NCC1(CC)CCCC1. The largest absolute Gasteiger partial charge is 0.465 e. The second-order valence-corrected chi connectivity index (χ2v) is 4.92. The smallest absolute Gasteiger partial charge is 0.322 e. The predicted octanol–water partition coefficient (Wildman–Crippen LogP) is 2.50. The van der Waals surface area contributed by atoms with E-state index in [9.17, 15) is 4.79 Å². The van der Waals surface area contributed by atoms with Crippen molar-refractivity contribution < 1.29 is 9.53 Å². The van der Waals surface area contributed by atoms with Gasteiger partial charge in [-0.2, -0.15) is 0 Å². The molecular weight excluding hydrogens is 202 g/mol. The monoisotopic (exact) mass is 227 g/mol. The molecule has 0 amide bonds. The van der Waals surface area contributed by atoms with Gasteiger partial charge in [-0.3, -0.25) is 4.79 Å². The Bertz CT molecular complexity index is 222. The highest BCUT2D eigenvalue weighted by atomic mass is 16.5. The standard InChI is InChI=1S/C13H25NO2/c1-4-13(8-6-7-9-13)10-14-11(3)12(15)16-5-2/h11,14H,4-10H2,1-3H3. The molecule has 0 saturated heterocycles. The van der Waals surface area contributed by atoms with E-state index < -0.39 is 0 Å². The fourth-order valence-electron chi connectivity index (χ4n) is 2.50. The van der Waals surface area contributed by atoms with Crippen molar-refractivity contribution in [2.75, 3.05) is 13.2 Å². The van der Waals surface area contributed by atoms with Gasteiger partial charge in [-0.05, 0) is 38.5 Å². The van der Waals surface area contributed by atoms with Crippen molar-refractivity contribution in [2.45, 2.75) is 58.9 Å². The summed E-state index contributed by atoms with van der Waals surface area (Å²) in [6, 6.07) is -0.177. The number of hydrogen-bond acceptors (Lipinski definition) is 3. The third-order valence-corrected chi connectivity index (χ3v) is 3.84. The summed E-state index contributed by atoms with van der Waals surface area (Å²) in [5.74, 6) is -0.133. The van der Waals surface area contributed by atoms with Crippen LogP contribution in [0.2, 0.25) is 0 Å². The summed E-state index contributed by atoms with van der Waals surface area (Å²) in [6.45, 7) is 7.39. The minimum absolute atomic E-state index is 0.133. The second-order valence-electron chi connectivity index (χ2n) is 4.92. The summed E-state index contributed by atoms with van der Waals surface area (Å²) < 4.78 is 4.98. The molecule has 1 rings (SSSR count). The zero-order chi connectivity index (χ0) is 12.0. The summed E-state index contributed by atoms with van der Waals surface area (Å²) in [7, 11) is 0. The normalized spacial score (nSPS) is 20.7. The van der Waals surface area contributed by atoms with E-state index >= 15 is 0 Å². The van der Waals surface area contributed by atoms with E-state index in [1.54, 1.807) is 0 Å². The number of esters is 1. The molecule has 94 valence electrons. The quantitative estimate of drug-likeness (QED) is 0.709. The Labute approximate surface area is 98.9 Å². The van der Waals surface area contributed by atoms with E-state index in [-0.39, 0.29) is 12.0 Å². The van der Waals surface area contributed by atoms with Crippen molar-refractivity contribution in [1.29, 1.82) is 0 Å². The maximum Gasteiger partial charge on any atom is 0.322 e. The van der Waals surface area contributed by atoms with E-state index in [2.05, 4.69) is 12.2 Å². The van der Waals surface area contributed by atoms with Crippen LogP contribution < -0.4 is 5.32 Å². The van der Waals surface area contributed by atoms with Crippen LogP contribution in [0.25, 0.3) is 0 Å². The van der Waals surface area contributed by atoms with E-state index in [0.717, 1.165) is 6.54 Å². The molecule has 1 aliphatic rings. The van der Waals surface area contributed by atoms with Gasteiger partial charge in [0.15, 0.2) is 0 Å². The van der Waals surface area contributed by atoms with Crippen molar-refractivity contribution in [2.24, 2.45) is 5.41 Å². The minimum Gasteiger partial charge on any atom is -0.465 e. The third-order valence-electron chi connectivity index (χ3n) is 3.84. The molecule has 0 aromatic heterocycles. The Balaban J connectivity index is 2.34. The minimum atomic E-state index is -0.177. The molecule has 0 aromatic rings. The number of nitrogens with one attached hydrogen (secondary N) is 1. The van der Waals surface area contributed by atoms with Gasteiger partial charge in [0.05, 0.1) is 6.61 Å². The lowest BCUT2D eigenvalue weighted by atomic mass is 9.83. The van der Waals surface area contributed by atoms with Gasteiger partial charge >= 0.3 is 5.97 Å². The molecule has 1 aliphatic carbocycles. The molecule has 0 aliphatic heterocycles. The van der Waals surface area contributed by atoms with Crippen LogP contribution in [0.15, 0.2) is 0 Å². The maximum absolute atomic E-state index is 11.5. The van der Waals surface area contributed by atoms with Crippen LogP contribution >= 0.6 is 0 Å². The molecule has 1 unspecified atom stereocenters. The van der Waals surface area contributed by atoms with E-state index in [0.29, 0.717) is 12.0 Å². The van der Waals surface area contributed by atoms with Crippen molar-refractivity contribution in [3.8, 4) is 0 Å². The highest BCUT2D eigenvalue weighted by Crippen LogP contribution is 2.40. The molecule has 1 N–H and O–H groups in total. The summed E-state index contributed by atoms with van der Waals surface area (Å²) in [5, 5.41) is 3.33. The Morgan fingerprint density at radius 1 is 1.38 bits per heavy atom. The molecule has 1 fully saturated rings. The molecular formula is C13H25NO2. The summed E-state index contributed by atoms with van der Waals surface area (Å²) >= 11 is 0. The van der Waals surface area contributed by atoms with Crippen molar-refractivity contribution in [3.05, 3.63) is 0 Å². The number of carbonyl (C=O) groups is 1. The van der Waals surface area contributed by atoms with Crippen LogP contribution in [0, 0.1) is 5.41 Å². The summed E-state index contributed by atoms with van der Waals surface area (Å²) in [6.07, 6.45) is 6.47. The van der Waals surface area contributed by atoms with Gasteiger partial charge in [-0.25, -0.2) is 0 Å². The van der Waals surface area contributed by atoms with Crippen molar-refractivity contribution in [3.63, 3.8) is 0 Å². The van der Waals surface area contributed by atoms with Gasteiger partial charge in [0.25, 0.3) is 0 Å². The van der Waals surface area contributed by atoms with E-state index in [1.165, 1.54) is 32.1 Å². The molecule has 1 atom stereocenters. The van der Waals surface area contributed by atoms with Crippen LogP contribution in [0.3, 0.4) is 0 Å². The fourth-order valence-corrected chi connectivity index (χ4v) is 2.50. The average Bonchev–Trinajstić information content (AvgIpc) is 2.75. The van der Waals surface area contributed by atoms with E-state index in [4.69, 9.17) is 4.74 Å². The molecule has 16 heavy (non-hydrogen) atoms. The molecule has 3 nitrogen and oxygen atoms in total. The van der Waals surface area contributed by atoms with Crippen molar-refractivity contribution >= 4 is 5.97 Å². The van der Waals surface area contributed by atoms with Crippen LogP contribution in [0.5, 0.6) is 0 Å². The fraction of sp³-hybridized carbons (Fsp3) is 0.923. The molecule has 0 spiro atoms. The van der Waals surface area contributed by atoms with Crippen LogP contribution in [0.4, 0.5) is 0 Å². The third kappa shape index (κ3) is 3.48. The molecule has 0 radical (unpaired) electrons. The van der Waals surface area contributed by atoms with Crippen LogP contribution in [-0.4, -0.2) is 25.2 Å². The van der Waals surface area contributed by atoms with Gasteiger partial charge in [-0.15, -0.1) is 0 Å². The Morgan fingerprint density at radius 3 is 2.50 bits per heavy atom. The topological polar surface area (TPSA) is 38.3 Å². The highest BCUT2D eigenvalue weighted by Gasteiger charge is 2.32. The Kier molecular flexibility index (Phi) is 5.26. The number of rotatable bonds is 6. The van der Waals surface area contributed by atoms with Gasteiger partial charge in [0.2, 0.25) is 0 Å². The number of carbonyl (C=O) groups excluding carboxylic acids is 1. The first kappa shape index (κ1) is 13.5. The first-order valence-corrected chi connectivity index (χ1v) is 6.53. The number of ether oxygens (including phenoxy) is 1. The van der Waals surface area contributed by atoms with Gasteiger partial charge in [-0.1, -0.05) is 19.8 Å². The Morgan fingerprint density at radius 2 is 2.00 bits per heavy atom. The van der Waals surface area contributed by atoms with Gasteiger partial charge < -0.3 is 10.1 Å². The van der Waals surface area contributed by atoms with Crippen LogP contribution in [-0.2, 0) is 9.53 Å². The first-order valence-electron chi connectivity index (χ1n) is 6.53. The summed E-state index contributed by atoms with van der Waals surface area (Å²) in [5.41, 5.74) is 0.431. The average molecular weight is 227 g/mol. The second kappa shape index (κ2) is 6.24. The molecule has 0 aromatic carbocycles. The Hall–Kier alpha value is -0.570. The van der Waals surface area contributed by atoms with E-state index in [1.807, 2.05) is 13.8 Å². The highest BCUT2D eigenvalue weighted by molar-refractivity contribution is 5.75. The lowest BCUT2D eigenvalue weighted by Gasteiger charge is -2.29. The molecule has 0 bridgehead atoms. The molecule has 0 heterocycles. The predicted molar refractivity (Wildman–Crippen MR) is 65.3 cm³/mol. The molecule has 1 saturated carbocycles. The molecule has 3 heteroatoms. The van der Waals surface area contributed by atoms with Gasteiger partial charge in [0.1, 0.15) is 6.04 Å². The zero-order valence-corrected chi connectivity index (χ0v) is 10.8. The van der Waals surface area contributed by atoms with Crippen LogP contribution in [0.1, 0.15) is 52.9 Å².